The van der Waals surface area contributed by atoms with Crippen LogP contribution in [0.4, 0.5) is 5.82 Å². The van der Waals surface area contributed by atoms with Crippen molar-refractivity contribution in [1.82, 2.24) is 14.5 Å². The summed E-state index contributed by atoms with van der Waals surface area (Å²) in [6, 6.07) is 5.96. The molecule has 0 bridgehead atoms. The molecule has 136 valence electrons. The van der Waals surface area contributed by atoms with Crippen LogP contribution in [0.1, 0.15) is 38.8 Å². The van der Waals surface area contributed by atoms with E-state index in [2.05, 4.69) is 17.6 Å². The van der Waals surface area contributed by atoms with Crippen molar-refractivity contribution in [1.29, 1.82) is 0 Å². The fourth-order valence-corrected chi connectivity index (χ4v) is 2.98. The minimum atomic E-state index is -0.204. The summed E-state index contributed by atoms with van der Waals surface area (Å²) in [5.74, 6) is 1.55. The number of aliphatic hydroxyl groups excluding tert-OH is 1. The fourth-order valence-electron chi connectivity index (χ4n) is 2.98. The molecule has 5 heteroatoms. The molecule has 1 saturated heterocycles. The van der Waals surface area contributed by atoms with Crippen molar-refractivity contribution >= 4 is 11.4 Å². The standard InChI is InChI=1S/C21H26N4O/c1-3-5-6-9-17(4-2)19-16-20(24-14-10-18(26)11-15-24)23-21(22-19)25-12-7-8-13-25/h4-5,7-9,12-13,16,18,26H,3,10-11,14-15H2,1-2H3/b17-4+. The van der Waals surface area contributed by atoms with Crippen LogP contribution in [0.25, 0.3) is 11.5 Å². The Kier molecular flexibility index (Phi) is 6.05. The molecule has 5 nitrogen and oxygen atoms in total. The van der Waals surface area contributed by atoms with E-state index in [0.717, 1.165) is 49.4 Å². The highest BCUT2D eigenvalue weighted by molar-refractivity contribution is 5.73. The monoisotopic (exact) mass is 350 g/mol. The average Bonchev–Trinajstić information content (AvgIpc) is 3.20. The molecule has 26 heavy (non-hydrogen) atoms. The number of piperidine rings is 1. The first-order valence-corrected chi connectivity index (χ1v) is 9.24. The maximum atomic E-state index is 9.79. The summed E-state index contributed by atoms with van der Waals surface area (Å²) in [5.41, 5.74) is 5.11. The largest absolute Gasteiger partial charge is 0.393 e. The Bertz CT molecular complexity index is 809. The van der Waals surface area contributed by atoms with E-state index < -0.39 is 0 Å². The van der Waals surface area contributed by atoms with E-state index in [1.54, 1.807) is 0 Å². The maximum Gasteiger partial charge on any atom is 0.236 e. The first-order valence-electron chi connectivity index (χ1n) is 9.24. The van der Waals surface area contributed by atoms with Gasteiger partial charge in [0.15, 0.2) is 0 Å². The number of hydrogen-bond donors (Lipinski definition) is 1. The Hall–Kier alpha value is -2.62. The maximum absolute atomic E-state index is 9.79. The van der Waals surface area contributed by atoms with Crippen molar-refractivity contribution in [3.05, 3.63) is 60.2 Å². The summed E-state index contributed by atoms with van der Waals surface area (Å²) in [6.45, 7) is 5.71. The van der Waals surface area contributed by atoms with Gasteiger partial charge in [0.05, 0.1) is 11.8 Å². The molecule has 0 spiro atoms. The summed E-state index contributed by atoms with van der Waals surface area (Å²) in [7, 11) is 0. The van der Waals surface area contributed by atoms with E-state index in [-0.39, 0.29) is 6.10 Å². The van der Waals surface area contributed by atoms with Gasteiger partial charge in [-0.25, -0.2) is 4.98 Å². The van der Waals surface area contributed by atoms with Crippen molar-refractivity contribution in [2.45, 2.75) is 39.2 Å². The Morgan fingerprint density at radius 3 is 2.65 bits per heavy atom. The predicted octanol–water partition coefficient (Wildman–Crippen LogP) is 3.75. The van der Waals surface area contributed by atoms with Crippen LogP contribution in [0.15, 0.2) is 54.6 Å². The van der Waals surface area contributed by atoms with E-state index in [1.807, 2.05) is 60.3 Å². The third-order valence-corrected chi connectivity index (χ3v) is 4.49. The van der Waals surface area contributed by atoms with Crippen molar-refractivity contribution < 1.29 is 5.11 Å². The van der Waals surface area contributed by atoms with Gasteiger partial charge in [-0.15, -0.1) is 5.73 Å². The van der Waals surface area contributed by atoms with E-state index in [0.29, 0.717) is 5.95 Å². The molecule has 0 atom stereocenters. The van der Waals surface area contributed by atoms with Gasteiger partial charge in [-0.3, -0.25) is 4.57 Å². The van der Waals surface area contributed by atoms with Gasteiger partial charge < -0.3 is 10.0 Å². The highest BCUT2D eigenvalue weighted by atomic mass is 16.3. The molecule has 0 aromatic carbocycles. The highest BCUT2D eigenvalue weighted by Gasteiger charge is 2.20. The van der Waals surface area contributed by atoms with Crippen LogP contribution >= 0.6 is 0 Å². The number of rotatable bonds is 5. The first kappa shape index (κ1) is 18.2. The van der Waals surface area contributed by atoms with E-state index in [4.69, 9.17) is 9.97 Å². The van der Waals surface area contributed by atoms with Crippen LogP contribution < -0.4 is 4.90 Å². The molecule has 2 aromatic heterocycles. The molecule has 2 aromatic rings. The first-order chi connectivity index (χ1) is 12.7. The number of aromatic nitrogens is 3. The van der Waals surface area contributed by atoms with Gasteiger partial charge >= 0.3 is 0 Å². The highest BCUT2D eigenvalue weighted by Crippen LogP contribution is 2.23. The Morgan fingerprint density at radius 1 is 1.27 bits per heavy atom. The quantitative estimate of drug-likeness (QED) is 0.659. The zero-order valence-electron chi connectivity index (χ0n) is 15.5. The van der Waals surface area contributed by atoms with Crippen LogP contribution in [0.2, 0.25) is 0 Å². The lowest BCUT2D eigenvalue weighted by Gasteiger charge is -2.30. The molecule has 0 amide bonds. The number of nitrogens with zero attached hydrogens (tertiary/aromatic N) is 4. The van der Waals surface area contributed by atoms with Crippen molar-refractivity contribution in [3.8, 4) is 5.95 Å². The molecule has 1 fully saturated rings. The minimum absolute atomic E-state index is 0.204. The lowest BCUT2D eigenvalue weighted by Crippen LogP contribution is -2.36. The van der Waals surface area contributed by atoms with Gasteiger partial charge in [0.2, 0.25) is 5.95 Å². The lowest BCUT2D eigenvalue weighted by molar-refractivity contribution is 0.145. The number of hydrogen-bond acceptors (Lipinski definition) is 4. The smallest absolute Gasteiger partial charge is 0.236 e. The van der Waals surface area contributed by atoms with Gasteiger partial charge in [-0.1, -0.05) is 13.0 Å². The Balaban J connectivity index is 2.02. The van der Waals surface area contributed by atoms with Crippen LogP contribution in [0, 0.1) is 0 Å². The molecule has 0 unspecified atom stereocenters. The van der Waals surface area contributed by atoms with Crippen LogP contribution in [-0.2, 0) is 0 Å². The fraction of sp³-hybridized carbons (Fsp3) is 0.381. The average molecular weight is 350 g/mol. The van der Waals surface area contributed by atoms with Crippen molar-refractivity contribution in [2.24, 2.45) is 0 Å². The SMILES string of the molecule is C/C=C(\C=C=CCC)c1cc(N2CCC(O)CC2)nc(-n2cccc2)n1. The molecule has 0 aliphatic carbocycles. The van der Waals surface area contributed by atoms with Crippen LogP contribution in [0.5, 0.6) is 0 Å². The van der Waals surface area contributed by atoms with Gasteiger partial charge in [0.25, 0.3) is 0 Å². The van der Waals surface area contributed by atoms with Crippen molar-refractivity contribution in [2.75, 3.05) is 18.0 Å². The molecular formula is C21H26N4O. The topological polar surface area (TPSA) is 54.2 Å². The van der Waals surface area contributed by atoms with Gasteiger partial charge in [-0.05, 0) is 50.5 Å². The minimum Gasteiger partial charge on any atom is -0.393 e. The van der Waals surface area contributed by atoms with Gasteiger partial charge in [0, 0.05) is 37.1 Å². The second-order valence-corrected chi connectivity index (χ2v) is 6.39. The molecule has 0 saturated carbocycles. The summed E-state index contributed by atoms with van der Waals surface area (Å²) in [4.78, 5) is 11.7. The second-order valence-electron chi connectivity index (χ2n) is 6.39. The normalized spacial score (nSPS) is 15.7. The number of allylic oxidation sites excluding steroid dienone is 3. The van der Waals surface area contributed by atoms with E-state index in [1.165, 1.54) is 0 Å². The van der Waals surface area contributed by atoms with Crippen molar-refractivity contribution in [3.63, 3.8) is 0 Å². The molecular weight excluding hydrogens is 324 g/mol. The summed E-state index contributed by atoms with van der Waals surface area (Å²) in [5, 5.41) is 9.79. The molecule has 3 rings (SSSR count). The van der Waals surface area contributed by atoms with Crippen LogP contribution in [-0.4, -0.2) is 38.8 Å². The summed E-state index contributed by atoms with van der Waals surface area (Å²) in [6.07, 6.45) is 12.2. The van der Waals surface area contributed by atoms with E-state index >= 15 is 0 Å². The molecule has 1 aliphatic rings. The third kappa shape index (κ3) is 4.31. The van der Waals surface area contributed by atoms with Gasteiger partial charge in [-0.2, -0.15) is 4.98 Å². The summed E-state index contributed by atoms with van der Waals surface area (Å²) < 4.78 is 1.92. The third-order valence-electron chi connectivity index (χ3n) is 4.49. The predicted molar refractivity (Wildman–Crippen MR) is 105 cm³/mol. The lowest BCUT2D eigenvalue weighted by atomic mass is 10.1. The Labute approximate surface area is 155 Å². The zero-order valence-corrected chi connectivity index (χ0v) is 15.5. The molecule has 1 N–H and O–H groups in total. The number of anilines is 1. The number of aliphatic hydroxyl groups is 1. The summed E-state index contributed by atoms with van der Waals surface area (Å²) >= 11 is 0. The van der Waals surface area contributed by atoms with Crippen LogP contribution in [0.3, 0.4) is 0 Å². The van der Waals surface area contributed by atoms with Gasteiger partial charge in [0.1, 0.15) is 5.82 Å². The molecule has 1 aliphatic heterocycles. The zero-order chi connectivity index (χ0) is 18.4. The van der Waals surface area contributed by atoms with E-state index in [9.17, 15) is 5.11 Å². The second kappa shape index (κ2) is 8.65. The molecule has 3 heterocycles. The Morgan fingerprint density at radius 2 is 2.00 bits per heavy atom. The molecule has 0 radical (unpaired) electrons.